The molecule has 2 N–H and O–H groups in total. The van der Waals surface area contributed by atoms with Crippen molar-refractivity contribution in [1.29, 1.82) is 0 Å². The number of aryl methyl sites for hydroxylation is 1. The number of hydrogen-bond donors (Lipinski definition) is 2. The van der Waals surface area contributed by atoms with Crippen molar-refractivity contribution in [3.8, 4) is 0 Å². The molecule has 1 amide bonds. The van der Waals surface area contributed by atoms with Crippen molar-refractivity contribution in [1.82, 2.24) is 0 Å². The molecule has 3 aromatic carbocycles. The second-order valence-corrected chi connectivity index (χ2v) is 9.45. The summed E-state index contributed by atoms with van der Waals surface area (Å²) in [5.74, 6) is 0.608. The Kier molecular flexibility index (Phi) is 6.61. The van der Waals surface area contributed by atoms with Crippen molar-refractivity contribution in [3.05, 3.63) is 89.5 Å². The van der Waals surface area contributed by atoms with Crippen LogP contribution in [0.3, 0.4) is 0 Å². The molecule has 0 fully saturated rings. The average Bonchev–Trinajstić information content (AvgIpc) is 2.69. The molecular formula is C22H22N2O3S2. The lowest BCUT2D eigenvalue weighted by Crippen LogP contribution is -2.14. The maximum absolute atomic E-state index is 12.5. The van der Waals surface area contributed by atoms with E-state index in [1.54, 1.807) is 36.9 Å². The predicted octanol–water partition coefficient (Wildman–Crippen LogP) is 4.91. The number of carbonyl (C=O) groups is 1. The Labute approximate surface area is 175 Å². The van der Waals surface area contributed by atoms with Gasteiger partial charge in [-0.2, -0.15) is 0 Å². The van der Waals surface area contributed by atoms with E-state index in [-0.39, 0.29) is 5.91 Å². The molecule has 0 atom stereocenters. The van der Waals surface area contributed by atoms with Crippen LogP contribution in [-0.4, -0.2) is 20.6 Å². The first kappa shape index (κ1) is 21.0. The molecule has 3 aromatic rings. The third kappa shape index (κ3) is 6.37. The van der Waals surface area contributed by atoms with Crippen LogP contribution in [0.2, 0.25) is 0 Å². The number of thioether (sulfide) groups is 1. The summed E-state index contributed by atoms with van der Waals surface area (Å²) in [6.07, 6.45) is 1.09. The number of nitrogens with one attached hydrogen (secondary N) is 2. The first-order valence-electron chi connectivity index (χ1n) is 8.97. The number of hydrogen-bond acceptors (Lipinski definition) is 4. The Hall–Kier alpha value is -2.77. The van der Waals surface area contributed by atoms with Gasteiger partial charge in [-0.3, -0.25) is 9.52 Å². The molecule has 0 aliphatic carbocycles. The zero-order valence-corrected chi connectivity index (χ0v) is 17.8. The zero-order chi connectivity index (χ0) is 20.9. The number of carbonyl (C=O) groups excluding carboxylic acids is 1. The second kappa shape index (κ2) is 9.15. The molecule has 0 aromatic heterocycles. The fraction of sp³-hybridized carbons (Fsp3) is 0.136. The lowest BCUT2D eigenvalue weighted by Gasteiger charge is -2.10. The molecule has 0 saturated carbocycles. The van der Waals surface area contributed by atoms with Crippen LogP contribution in [0.4, 0.5) is 11.4 Å². The normalized spacial score (nSPS) is 11.1. The van der Waals surface area contributed by atoms with Crippen LogP contribution in [0.5, 0.6) is 0 Å². The van der Waals surface area contributed by atoms with E-state index in [9.17, 15) is 13.2 Å². The van der Waals surface area contributed by atoms with E-state index >= 15 is 0 Å². The molecule has 0 radical (unpaired) electrons. The summed E-state index contributed by atoms with van der Waals surface area (Å²) in [5, 5.41) is 2.87. The Morgan fingerprint density at radius 3 is 2.28 bits per heavy atom. The van der Waals surface area contributed by atoms with Crippen LogP contribution in [0, 0.1) is 6.92 Å². The Morgan fingerprint density at radius 2 is 1.66 bits per heavy atom. The van der Waals surface area contributed by atoms with Crippen molar-refractivity contribution in [3.63, 3.8) is 0 Å². The molecule has 0 bridgehead atoms. The van der Waals surface area contributed by atoms with E-state index in [1.165, 1.54) is 10.5 Å². The summed E-state index contributed by atoms with van der Waals surface area (Å²) in [5.41, 5.74) is 3.48. The van der Waals surface area contributed by atoms with Crippen LogP contribution < -0.4 is 10.0 Å². The van der Waals surface area contributed by atoms with Gasteiger partial charge in [0.2, 0.25) is 10.0 Å². The summed E-state index contributed by atoms with van der Waals surface area (Å²) < 4.78 is 25.2. The molecule has 0 aliphatic rings. The maximum atomic E-state index is 12.5. The summed E-state index contributed by atoms with van der Waals surface area (Å²) in [4.78, 5) is 13.7. The Morgan fingerprint density at radius 1 is 0.966 bits per heavy atom. The third-order valence-electron chi connectivity index (χ3n) is 4.14. The quantitative estimate of drug-likeness (QED) is 0.526. The van der Waals surface area contributed by atoms with E-state index in [0.29, 0.717) is 22.5 Å². The molecule has 0 heterocycles. The van der Waals surface area contributed by atoms with Gasteiger partial charge < -0.3 is 5.32 Å². The molecule has 5 nitrogen and oxygen atoms in total. The highest BCUT2D eigenvalue weighted by atomic mass is 32.2. The SMILES string of the molecule is Cc1cc(C(=O)Nc2ccc(CSc3ccccc3)cc2)ccc1NS(C)(=O)=O. The van der Waals surface area contributed by atoms with Gasteiger partial charge in [0, 0.05) is 21.9 Å². The summed E-state index contributed by atoms with van der Waals surface area (Å²) in [6, 6.07) is 22.8. The highest BCUT2D eigenvalue weighted by Crippen LogP contribution is 2.23. The molecule has 3 rings (SSSR count). The topological polar surface area (TPSA) is 75.3 Å². The summed E-state index contributed by atoms with van der Waals surface area (Å²) >= 11 is 1.76. The summed E-state index contributed by atoms with van der Waals surface area (Å²) in [6.45, 7) is 1.75. The first-order chi connectivity index (χ1) is 13.8. The van der Waals surface area contributed by atoms with E-state index in [1.807, 2.05) is 42.5 Å². The minimum absolute atomic E-state index is 0.245. The fourth-order valence-corrected chi connectivity index (χ4v) is 4.19. The smallest absolute Gasteiger partial charge is 0.255 e. The van der Waals surface area contributed by atoms with Crippen LogP contribution in [-0.2, 0) is 15.8 Å². The second-order valence-electron chi connectivity index (χ2n) is 6.66. The maximum Gasteiger partial charge on any atom is 0.255 e. The highest BCUT2D eigenvalue weighted by Gasteiger charge is 2.10. The lowest BCUT2D eigenvalue weighted by molar-refractivity contribution is 0.102. The van der Waals surface area contributed by atoms with Crippen LogP contribution >= 0.6 is 11.8 Å². The Bertz CT molecular complexity index is 1100. The van der Waals surface area contributed by atoms with Crippen molar-refractivity contribution in [2.45, 2.75) is 17.6 Å². The summed E-state index contributed by atoms with van der Waals surface area (Å²) in [7, 11) is -3.36. The van der Waals surface area contributed by atoms with Gasteiger partial charge in [0.1, 0.15) is 0 Å². The first-order valence-corrected chi connectivity index (χ1v) is 11.8. The van der Waals surface area contributed by atoms with E-state index in [0.717, 1.165) is 12.0 Å². The van der Waals surface area contributed by atoms with Gasteiger partial charge in [0.15, 0.2) is 0 Å². The van der Waals surface area contributed by atoms with Gasteiger partial charge in [0.25, 0.3) is 5.91 Å². The largest absolute Gasteiger partial charge is 0.322 e. The average molecular weight is 427 g/mol. The van der Waals surface area contributed by atoms with Gasteiger partial charge in [0.05, 0.1) is 11.9 Å². The number of anilines is 2. The van der Waals surface area contributed by atoms with Gasteiger partial charge in [-0.1, -0.05) is 30.3 Å². The third-order valence-corrected chi connectivity index (χ3v) is 5.82. The van der Waals surface area contributed by atoms with Crippen LogP contribution in [0.25, 0.3) is 0 Å². The minimum atomic E-state index is -3.36. The van der Waals surface area contributed by atoms with Crippen LogP contribution in [0.15, 0.2) is 77.7 Å². The molecule has 0 aliphatic heterocycles. The number of sulfonamides is 1. The minimum Gasteiger partial charge on any atom is -0.322 e. The monoisotopic (exact) mass is 426 g/mol. The standard InChI is InChI=1S/C22H22N2O3S2/c1-16-14-18(10-13-21(16)24-29(2,26)27)22(25)23-19-11-8-17(9-12-19)15-28-20-6-4-3-5-7-20/h3-14,24H,15H2,1-2H3,(H,23,25). The zero-order valence-electron chi connectivity index (χ0n) is 16.2. The van der Waals surface area contributed by atoms with Crippen molar-refractivity contribution < 1.29 is 13.2 Å². The van der Waals surface area contributed by atoms with Gasteiger partial charge in [-0.25, -0.2) is 8.42 Å². The molecule has 150 valence electrons. The lowest BCUT2D eigenvalue weighted by atomic mass is 10.1. The Balaban J connectivity index is 1.61. The molecule has 0 unspecified atom stereocenters. The predicted molar refractivity (Wildman–Crippen MR) is 120 cm³/mol. The molecule has 29 heavy (non-hydrogen) atoms. The number of rotatable bonds is 7. The van der Waals surface area contributed by atoms with Gasteiger partial charge in [-0.15, -0.1) is 11.8 Å². The van der Waals surface area contributed by atoms with E-state index < -0.39 is 10.0 Å². The fourth-order valence-electron chi connectivity index (χ4n) is 2.69. The van der Waals surface area contributed by atoms with Crippen molar-refractivity contribution in [2.24, 2.45) is 0 Å². The van der Waals surface area contributed by atoms with Crippen molar-refractivity contribution >= 4 is 39.1 Å². The molecule has 7 heteroatoms. The van der Waals surface area contributed by atoms with Crippen LogP contribution in [0.1, 0.15) is 21.5 Å². The highest BCUT2D eigenvalue weighted by molar-refractivity contribution is 7.98. The van der Waals surface area contributed by atoms with Gasteiger partial charge in [-0.05, 0) is 60.5 Å². The van der Waals surface area contributed by atoms with Crippen molar-refractivity contribution in [2.75, 3.05) is 16.3 Å². The molecule has 0 spiro atoms. The molecule has 0 saturated heterocycles. The molecular weight excluding hydrogens is 404 g/mol. The number of amides is 1. The number of benzene rings is 3. The van der Waals surface area contributed by atoms with E-state index in [2.05, 4.69) is 22.2 Å². The van der Waals surface area contributed by atoms with E-state index in [4.69, 9.17) is 0 Å². The van der Waals surface area contributed by atoms with Gasteiger partial charge >= 0.3 is 0 Å².